The van der Waals surface area contributed by atoms with Gasteiger partial charge in [-0.15, -0.1) is 0 Å². The van der Waals surface area contributed by atoms with Crippen LogP contribution in [0.15, 0.2) is 30.6 Å². The number of nitrogens with zero attached hydrogens (tertiary/aromatic N) is 3. The molecule has 2 heterocycles. The minimum atomic E-state index is 0.318. The minimum Gasteiger partial charge on any atom is -0.310 e. The largest absolute Gasteiger partial charge is 0.310 e. The second-order valence-corrected chi connectivity index (χ2v) is 5.10. The van der Waals surface area contributed by atoms with E-state index in [0.29, 0.717) is 6.04 Å². The van der Waals surface area contributed by atoms with Gasteiger partial charge in [0, 0.05) is 37.6 Å². The predicted octanol–water partition coefficient (Wildman–Crippen LogP) is 2.66. The number of rotatable bonds is 7. The molecule has 0 aliphatic rings. The summed E-state index contributed by atoms with van der Waals surface area (Å²) in [5, 5.41) is 8.15. The van der Waals surface area contributed by atoms with Crippen molar-refractivity contribution in [3.63, 3.8) is 0 Å². The van der Waals surface area contributed by atoms with E-state index in [9.17, 15) is 0 Å². The van der Waals surface area contributed by atoms with Gasteiger partial charge in [-0.2, -0.15) is 5.10 Å². The highest BCUT2D eigenvalue weighted by Gasteiger charge is 2.14. The molecule has 0 saturated carbocycles. The Bertz CT molecular complexity index is 519. The SMILES string of the molecule is CCCNC(Cc1cc(CC)nn1C)c1ccncc1. The summed E-state index contributed by atoms with van der Waals surface area (Å²) in [6.07, 6.45) is 6.78. The van der Waals surface area contributed by atoms with Crippen molar-refractivity contribution in [3.05, 3.63) is 47.5 Å². The lowest BCUT2D eigenvalue weighted by molar-refractivity contribution is 0.512. The Balaban J connectivity index is 2.16. The molecule has 0 saturated heterocycles. The van der Waals surface area contributed by atoms with Crippen LogP contribution in [0.2, 0.25) is 0 Å². The third-order valence-electron chi connectivity index (χ3n) is 3.55. The lowest BCUT2D eigenvalue weighted by atomic mass is 10.0. The average Bonchev–Trinajstić information content (AvgIpc) is 2.84. The normalized spacial score (nSPS) is 12.6. The summed E-state index contributed by atoms with van der Waals surface area (Å²) in [4.78, 5) is 4.10. The summed E-state index contributed by atoms with van der Waals surface area (Å²) < 4.78 is 2.00. The lowest BCUT2D eigenvalue weighted by Gasteiger charge is -2.18. The number of pyridine rings is 1. The molecule has 0 fully saturated rings. The van der Waals surface area contributed by atoms with Gasteiger partial charge in [-0.3, -0.25) is 9.67 Å². The predicted molar refractivity (Wildman–Crippen MR) is 81.6 cm³/mol. The fraction of sp³-hybridized carbons (Fsp3) is 0.500. The van der Waals surface area contributed by atoms with Crippen LogP contribution < -0.4 is 5.32 Å². The molecule has 0 aliphatic heterocycles. The van der Waals surface area contributed by atoms with E-state index in [1.807, 2.05) is 24.1 Å². The highest BCUT2D eigenvalue weighted by atomic mass is 15.3. The van der Waals surface area contributed by atoms with E-state index in [0.717, 1.165) is 31.5 Å². The van der Waals surface area contributed by atoms with Crippen molar-refractivity contribution < 1.29 is 0 Å². The van der Waals surface area contributed by atoms with Gasteiger partial charge in [0.15, 0.2) is 0 Å². The Morgan fingerprint density at radius 3 is 2.60 bits per heavy atom. The van der Waals surface area contributed by atoms with E-state index in [1.54, 1.807) is 0 Å². The first-order valence-electron chi connectivity index (χ1n) is 7.39. The van der Waals surface area contributed by atoms with E-state index >= 15 is 0 Å². The zero-order valence-electron chi connectivity index (χ0n) is 12.6. The summed E-state index contributed by atoms with van der Waals surface area (Å²) in [7, 11) is 2.03. The van der Waals surface area contributed by atoms with Crippen LogP contribution in [-0.2, 0) is 19.9 Å². The molecule has 2 aromatic rings. The second-order valence-electron chi connectivity index (χ2n) is 5.10. The monoisotopic (exact) mass is 272 g/mol. The molecule has 108 valence electrons. The fourth-order valence-corrected chi connectivity index (χ4v) is 2.37. The van der Waals surface area contributed by atoms with Crippen molar-refractivity contribution in [3.8, 4) is 0 Å². The van der Waals surface area contributed by atoms with Crippen molar-refractivity contribution in [2.45, 2.75) is 39.2 Å². The first-order valence-corrected chi connectivity index (χ1v) is 7.39. The van der Waals surface area contributed by atoms with Gasteiger partial charge < -0.3 is 5.32 Å². The minimum absolute atomic E-state index is 0.318. The van der Waals surface area contributed by atoms with Crippen molar-refractivity contribution in [1.29, 1.82) is 0 Å². The quantitative estimate of drug-likeness (QED) is 0.842. The summed E-state index contributed by atoms with van der Waals surface area (Å²) >= 11 is 0. The van der Waals surface area contributed by atoms with Crippen molar-refractivity contribution in [2.75, 3.05) is 6.54 Å². The van der Waals surface area contributed by atoms with Gasteiger partial charge in [-0.25, -0.2) is 0 Å². The Kier molecular flexibility index (Phi) is 5.30. The molecule has 0 radical (unpaired) electrons. The summed E-state index contributed by atoms with van der Waals surface area (Å²) in [5.74, 6) is 0. The molecular weight excluding hydrogens is 248 g/mol. The van der Waals surface area contributed by atoms with Gasteiger partial charge >= 0.3 is 0 Å². The number of hydrogen-bond acceptors (Lipinski definition) is 3. The number of nitrogens with one attached hydrogen (secondary N) is 1. The Morgan fingerprint density at radius 1 is 1.25 bits per heavy atom. The van der Waals surface area contributed by atoms with Gasteiger partial charge in [0.25, 0.3) is 0 Å². The molecule has 1 N–H and O–H groups in total. The van der Waals surface area contributed by atoms with Gasteiger partial charge in [0.2, 0.25) is 0 Å². The highest BCUT2D eigenvalue weighted by molar-refractivity contribution is 5.19. The first-order chi connectivity index (χ1) is 9.74. The molecule has 1 unspecified atom stereocenters. The molecule has 0 amide bonds. The van der Waals surface area contributed by atoms with E-state index in [2.05, 4.69) is 47.4 Å². The van der Waals surface area contributed by atoms with Crippen LogP contribution in [0, 0.1) is 0 Å². The van der Waals surface area contributed by atoms with Crippen LogP contribution in [-0.4, -0.2) is 21.3 Å². The Labute approximate surface area is 121 Å². The molecule has 0 aliphatic carbocycles. The molecule has 0 spiro atoms. The molecule has 20 heavy (non-hydrogen) atoms. The molecule has 4 heteroatoms. The van der Waals surface area contributed by atoms with Crippen LogP contribution >= 0.6 is 0 Å². The van der Waals surface area contributed by atoms with Gasteiger partial charge in [-0.1, -0.05) is 13.8 Å². The lowest BCUT2D eigenvalue weighted by Crippen LogP contribution is -2.25. The van der Waals surface area contributed by atoms with Gasteiger partial charge in [0.1, 0.15) is 0 Å². The van der Waals surface area contributed by atoms with E-state index in [1.165, 1.54) is 11.3 Å². The van der Waals surface area contributed by atoms with Crippen LogP contribution in [0.1, 0.15) is 43.3 Å². The van der Waals surface area contributed by atoms with E-state index < -0.39 is 0 Å². The third kappa shape index (κ3) is 3.67. The Hall–Kier alpha value is -1.68. The maximum Gasteiger partial charge on any atom is 0.0624 e. The Morgan fingerprint density at radius 2 is 2.00 bits per heavy atom. The molecule has 1 atom stereocenters. The van der Waals surface area contributed by atoms with Crippen LogP contribution in [0.25, 0.3) is 0 Å². The standard InChI is InChI=1S/C16H24N4/c1-4-8-18-16(13-6-9-17-10-7-13)12-15-11-14(5-2)19-20(15)3/h6-7,9-11,16,18H,4-5,8,12H2,1-3H3. The average molecular weight is 272 g/mol. The number of aryl methyl sites for hydroxylation is 2. The smallest absolute Gasteiger partial charge is 0.0624 e. The van der Waals surface area contributed by atoms with Gasteiger partial charge in [-0.05, 0) is 43.1 Å². The summed E-state index contributed by atoms with van der Waals surface area (Å²) in [5.41, 5.74) is 3.71. The second kappa shape index (κ2) is 7.20. The zero-order chi connectivity index (χ0) is 14.4. The first kappa shape index (κ1) is 14.7. The molecule has 0 bridgehead atoms. The third-order valence-corrected chi connectivity index (χ3v) is 3.55. The topological polar surface area (TPSA) is 42.7 Å². The van der Waals surface area contributed by atoms with E-state index in [4.69, 9.17) is 0 Å². The van der Waals surface area contributed by atoms with Crippen LogP contribution in [0.4, 0.5) is 0 Å². The van der Waals surface area contributed by atoms with Crippen molar-refractivity contribution in [1.82, 2.24) is 20.1 Å². The fourth-order valence-electron chi connectivity index (χ4n) is 2.37. The summed E-state index contributed by atoms with van der Waals surface area (Å²) in [6, 6.07) is 6.70. The van der Waals surface area contributed by atoms with Crippen LogP contribution in [0.3, 0.4) is 0 Å². The number of aromatic nitrogens is 3. The molecule has 2 aromatic heterocycles. The molecule has 4 nitrogen and oxygen atoms in total. The highest BCUT2D eigenvalue weighted by Crippen LogP contribution is 2.18. The van der Waals surface area contributed by atoms with Crippen LogP contribution in [0.5, 0.6) is 0 Å². The zero-order valence-corrected chi connectivity index (χ0v) is 12.6. The molecular formula is C16H24N4. The maximum atomic E-state index is 4.53. The van der Waals surface area contributed by atoms with Gasteiger partial charge in [0.05, 0.1) is 5.69 Å². The van der Waals surface area contributed by atoms with E-state index in [-0.39, 0.29) is 0 Å². The van der Waals surface area contributed by atoms with Crippen molar-refractivity contribution >= 4 is 0 Å². The maximum absolute atomic E-state index is 4.53. The molecule has 0 aromatic carbocycles. The van der Waals surface area contributed by atoms with Crippen molar-refractivity contribution in [2.24, 2.45) is 7.05 Å². The molecule has 2 rings (SSSR count). The summed E-state index contributed by atoms with van der Waals surface area (Å²) in [6.45, 7) is 5.35. The number of hydrogen-bond donors (Lipinski definition) is 1.